The van der Waals surface area contributed by atoms with E-state index in [1.807, 2.05) is 86.7 Å². The minimum Gasteiger partial charge on any atom is -0.497 e. The van der Waals surface area contributed by atoms with Crippen LogP contribution in [0.2, 0.25) is 5.04 Å². The van der Waals surface area contributed by atoms with Crippen LogP contribution in [0.25, 0.3) is 0 Å². The number of esters is 2. The van der Waals surface area contributed by atoms with Crippen molar-refractivity contribution in [2.75, 3.05) is 35.0 Å². The van der Waals surface area contributed by atoms with Crippen molar-refractivity contribution in [1.29, 1.82) is 0 Å². The predicted molar refractivity (Wildman–Crippen MR) is 251 cm³/mol. The van der Waals surface area contributed by atoms with Crippen molar-refractivity contribution in [1.82, 2.24) is 0 Å². The monoisotopic (exact) mass is 900 g/mol. The highest BCUT2D eigenvalue weighted by Gasteiger charge is 2.59. The van der Waals surface area contributed by atoms with Gasteiger partial charge in [0.05, 0.1) is 71.5 Å². The highest BCUT2D eigenvalue weighted by atomic mass is 28.4. The summed E-state index contributed by atoms with van der Waals surface area (Å²) >= 11 is 0. The Labute approximate surface area is 382 Å². The molecule has 0 amide bonds. The Hall–Kier alpha value is -4.14. The zero-order valence-electron chi connectivity index (χ0n) is 39.9. The van der Waals surface area contributed by atoms with Crippen LogP contribution in [-0.2, 0) is 49.0 Å². The average molecular weight is 901 g/mol. The van der Waals surface area contributed by atoms with E-state index in [1.54, 1.807) is 20.3 Å². The third-order valence-electron chi connectivity index (χ3n) is 13.0. The summed E-state index contributed by atoms with van der Waals surface area (Å²) in [4.78, 5) is 26.0. The average Bonchev–Trinajstić information content (AvgIpc) is 3.28. The Morgan fingerprint density at radius 3 is 2.02 bits per heavy atom. The van der Waals surface area contributed by atoms with E-state index in [-0.39, 0.29) is 30.1 Å². The van der Waals surface area contributed by atoms with Gasteiger partial charge in [0.25, 0.3) is 8.32 Å². The fourth-order valence-electron chi connectivity index (χ4n) is 9.24. The molecular formula is C52H72O11Si. The first-order valence-electron chi connectivity index (χ1n) is 22.4. The molecule has 3 aromatic rings. The van der Waals surface area contributed by atoms with Crippen LogP contribution < -0.4 is 15.1 Å². The maximum atomic E-state index is 13.4. The van der Waals surface area contributed by atoms with E-state index < -0.39 is 55.3 Å². The first kappa shape index (κ1) is 50.9. The summed E-state index contributed by atoms with van der Waals surface area (Å²) in [5.41, 5.74) is 0.637. The van der Waals surface area contributed by atoms with E-state index in [2.05, 4.69) is 58.9 Å². The number of carbonyl (C=O) groups excluding carboxylic acids is 2. The molecule has 2 heterocycles. The highest BCUT2D eigenvalue weighted by Crippen LogP contribution is 2.51. The van der Waals surface area contributed by atoms with Gasteiger partial charge in [-0.15, -0.1) is 0 Å². The number of rotatable bonds is 19. The molecule has 2 aliphatic heterocycles. The van der Waals surface area contributed by atoms with Crippen molar-refractivity contribution in [3.05, 3.63) is 114 Å². The zero-order valence-corrected chi connectivity index (χ0v) is 40.9. The minimum atomic E-state index is -3.15. The lowest BCUT2D eigenvalue weighted by Crippen LogP contribution is -2.68. The first-order valence-corrected chi connectivity index (χ1v) is 24.3. The molecule has 0 unspecified atom stereocenters. The van der Waals surface area contributed by atoms with Crippen LogP contribution >= 0.6 is 0 Å². The highest BCUT2D eigenvalue weighted by molar-refractivity contribution is 6.99. The summed E-state index contributed by atoms with van der Waals surface area (Å²) in [6.07, 6.45) is 5.15. The number of hydrogen-bond acceptors (Lipinski definition) is 11. The molecule has 2 saturated heterocycles. The Balaban J connectivity index is 1.58. The van der Waals surface area contributed by atoms with Crippen molar-refractivity contribution < 1.29 is 52.3 Å². The molecular weight excluding hydrogens is 829 g/mol. The number of aliphatic hydroxyl groups excluding tert-OH is 1. The van der Waals surface area contributed by atoms with Gasteiger partial charge in [-0.25, -0.2) is 4.79 Å². The van der Waals surface area contributed by atoms with Gasteiger partial charge in [-0.2, -0.15) is 0 Å². The molecule has 64 heavy (non-hydrogen) atoms. The fraction of sp³-hybridized carbons (Fsp3) is 0.538. The van der Waals surface area contributed by atoms with E-state index in [1.165, 1.54) is 14.2 Å². The second-order valence-electron chi connectivity index (χ2n) is 19.5. The molecule has 0 aromatic heterocycles. The topological polar surface area (TPSA) is 128 Å². The molecule has 350 valence electrons. The lowest BCUT2D eigenvalue weighted by atomic mass is 9.70. The largest absolute Gasteiger partial charge is 0.497 e. The maximum Gasteiger partial charge on any atom is 0.330 e. The van der Waals surface area contributed by atoms with Crippen LogP contribution in [0.15, 0.2) is 109 Å². The van der Waals surface area contributed by atoms with E-state index >= 15 is 0 Å². The molecule has 2 aliphatic rings. The first-order chi connectivity index (χ1) is 30.3. The summed E-state index contributed by atoms with van der Waals surface area (Å²) in [7, 11) is 2.93. The normalized spacial score (nSPS) is 24.0. The molecule has 3 aromatic carbocycles. The summed E-state index contributed by atoms with van der Waals surface area (Å²) in [5.74, 6) is -1.33. The summed E-state index contributed by atoms with van der Waals surface area (Å²) < 4.78 is 51.2. The van der Waals surface area contributed by atoms with Crippen molar-refractivity contribution >= 4 is 30.6 Å². The molecule has 0 saturated carbocycles. The van der Waals surface area contributed by atoms with Crippen molar-refractivity contribution in [2.45, 2.75) is 135 Å². The Morgan fingerprint density at radius 2 is 1.48 bits per heavy atom. The molecule has 0 radical (unpaired) electrons. The molecule has 12 heteroatoms. The van der Waals surface area contributed by atoms with Gasteiger partial charge < -0.3 is 42.7 Å². The molecule has 0 spiro atoms. The number of carbonyl (C=O) groups is 2. The third-order valence-corrected chi connectivity index (χ3v) is 18.1. The van der Waals surface area contributed by atoms with Crippen LogP contribution in [0.4, 0.5) is 0 Å². The third kappa shape index (κ3) is 12.2. The van der Waals surface area contributed by atoms with E-state index in [0.29, 0.717) is 38.7 Å². The molecule has 0 bridgehead atoms. The minimum absolute atomic E-state index is 0.00717. The van der Waals surface area contributed by atoms with Gasteiger partial charge in [0.15, 0.2) is 5.79 Å². The van der Waals surface area contributed by atoms with Crippen LogP contribution in [0.1, 0.15) is 92.6 Å². The maximum absolute atomic E-state index is 13.4. The Kier molecular flexibility index (Phi) is 17.4. The zero-order chi connectivity index (χ0) is 46.8. The quantitative estimate of drug-likeness (QED) is 0.0541. The summed E-state index contributed by atoms with van der Waals surface area (Å²) in [5, 5.41) is 11.8. The van der Waals surface area contributed by atoms with E-state index in [0.717, 1.165) is 27.3 Å². The Morgan fingerprint density at radius 1 is 0.859 bits per heavy atom. The SMILES string of the molecule is COC(=O)/C=C1/C[C@@H](C[C@]2(OC)O[C@H](C[C@H](CC(=O)OC)O[Si](c3ccccc3)(c3ccccc3)C(C)(C)C)C[C@H](OCc3ccc(OC)cc3)C2(C)C)O[C@@H](/C=C/C(C)(C)CO)C1. The summed E-state index contributed by atoms with van der Waals surface area (Å²) in [6.45, 7) is 15.0. The van der Waals surface area contributed by atoms with Crippen LogP contribution in [0.5, 0.6) is 5.75 Å². The predicted octanol–water partition coefficient (Wildman–Crippen LogP) is 8.25. The molecule has 6 atom stereocenters. The number of methoxy groups -OCH3 is 4. The van der Waals surface area contributed by atoms with Gasteiger partial charge in [0, 0.05) is 36.9 Å². The lowest BCUT2D eigenvalue weighted by molar-refractivity contribution is -0.362. The second-order valence-corrected chi connectivity index (χ2v) is 23.7. The van der Waals surface area contributed by atoms with Crippen LogP contribution in [0.3, 0.4) is 0 Å². The smallest absolute Gasteiger partial charge is 0.330 e. The van der Waals surface area contributed by atoms with Crippen molar-refractivity contribution in [3.63, 3.8) is 0 Å². The number of hydrogen-bond donors (Lipinski definition) is 1. The lowest BCUT2D eigenvalue weighted by Gasteiger charge is -2.56. The molecule has 1 N–H and O–H groups in total. The van der Waals surface area contributed by atoms with Gasteiger partial charge in [-0.1, -0.05) is 139 Å². The second kappa shape index (κ2) is 21.9. The van der Waals surface area contributed by atoms with E-state index in [4.69, 9.17) is 37.6 Å². The molecule has 5 rings (SSSR count). The fourth-order valence-corrected chi connectivity index (χ4v) is 13.9. The van der Waals surface area contributed by atoms with Crippen molar-refractivity contribution in [3.8, 4) is 5.75 Å². The van der Waals surface area contributed by atoms with Crippen LogP contribution in [0, 0.1) is 10.8 Å². The Bertz CT molecular complexity index is 1970. The molecule has 11 nitrogen and oxygen atoms in total. The molecule has 0 aliphatic carbocycles. The number of benzene rings is 3. The van der Waals surface area contributed by atoms with Crippen LogP contribution in [-0.4, -0.2) is 96.7 Å². The number of aliphatic hydroxyl groups is 1. The van der Waals surface area contributed by atoms with Gasteiger partial charge in [0.2, 0.25) is 0 Å². The standard InChI is InChI=1S/C52H72O11Si/c1-49(2,3)64(44-18-14-12-15-19-44,45-20-16-13-17-21-45)63-42(33-48(55)58-10)31-41-32-46(60-35-37-22-24-39(56-8)25-23-37)51(6,7)52(59-11,62-41)34-43-29-38(30-47(54)57-9)28-40(61-43)26-27-50(4,5)36-53/h12-27,30,40-43,46,53H,28-29,31-36H2,1-11H3/b27-26+,38-30+/t40-,41+,42+,43-,46-,52-/m0/s1. The van der Waals surface area contributed by atoms with Gasteiger partial charge in [0.1, 0.15) is 5.75 Å². The van der Waals surface area contributed by atoms with Gasteiger partial charge in [-0.05, 0) is 52.4 Å². The van der Waals surface area contributed by atoms with E-state index in [9.17, 15) is 14.7 Å². The van der Waals surface area contributed by atoms with Gasteiger partial charge >= 0.3 is 11.9 Å². The summed E-state index contributed by atoms with van der Waals surface area (Å²) in [6, 6.07) is 28.6. The molecule has 2 fully saturated rings. The number of ether oxygens (including phenoxy) is 7. The van der Waals surface area contributed by atoms with Gasteiger partial charge in [-0.3, -0.25) is 4.79 Å². The van der Waals surface area contributed by atoms with Crippen molar-refractivity contribution in [2.24, 2.45) is 10.8 Å².